The van der Waals surface area contributed by atoms with Crippen LogP contribution < -0.4 is 67.5 Å². The Bertz CT molecular complexity index is 4230. The predicted molar refractivity (Wildman–Crippen MR) is 277 cm³/mol. The van der Waals surface area contributed by atoms with Gasteiger partial charge in [-0.15, -0.1) is 0 Å². The van der Waals surface area contributed by atoms with Crippen molar-refractivity contribution in [3.63, 3.8) is 0 Å². The van der Waals surface area contributed by atoms with E-state index in [0.717, 1.165) is 24.3 Å². The monoisotopic (exact) mass is 1330 g/mol. The van der Waals surface area contributed by atoms with Crippen molar-refractivity contribution in [1.29, 1.82) is 0 Å². The van der Waals surface area contributed by atoms with E-state index in [9.17, 15) is 76.4 Å². The van der Waals surface area contributed by atoms with Crippen LogP contribution in [0, 0.1) is 0 Å². The molecular weight excluding hydrogens is 1300 g/mol. The van der Waals surface area contributed by atoms with Gasteiger partial charge in [-0.3, -0.25) is 16.7 Å². The first-order valence-corrected chi connectivity index (χ1v) is 33.5. The molecule has 0 fully saturated rings. The van der Waals surface area contributed by atoms with E-state index < -0.39 is 146 Å². The van der Waals surface area contributed by atoms with Gasteiger partial charge in [0.05, 0.1) is 26.4 Å². The van der Waals surface area contributed by atoms with Crippen molar-refractivity contribution in [2.75, 3.05) is 0 Å². The van der Waals surface area contributed by atoms with Crippen LogP contribution in [0.4, 0.5) is 0 Å². The summed E-state index contributed by atoms with van der Waals surface area (Å²) in [5.74, 6) is -0.778. The van der Waals surface area contributed by atoms with Crippen LogP contribution in [0.1, 0.15) is 22.3 Å². The topological polar surface area (TPSA) is 410 Å². The van der Waals surface area contributed by atoms with Crippen LogP contribution in [-0.4, -0.2) is 94.4 Å². The molecule has 0 radical (unpaired) electrons. The van der Waals surface area contributed by atoms with Gasteiger partial charge in [-0.2, -0.15) is 60.5 Å². The molecule has 0 aliphatic carbocycles. The average Bonchev–Trinajstić information content (AvgIpc) is 2.06. The van der Waals surface area contributed by atoms with Gasteiger partial charge in [0.1, 0.15) is 11.5 Å². The van der Waals surface area contributed by atoms with E-state index >= 15 is 0 Å². The van der Waals surface area contributed by atoms with Gasteiger partial charge in [0.25, 0.3) is 10.3 Å². The number of hydrogen-bond acceptors (Lipinski definition) is 26. The normalized spacial score (nSPS) is 12.4. The van der Waals surface area contributed by atoms with E-state index in [1.54, 1.807) is 48.5 Å². The molecule has 2 heterocycles. The van der Waals surface area contributed by atoms with Gasteiger partial charge < -0.3 is 17.5 Å². The zero-order valence-corrected chi connectivity index (χ0v) is 53.5. The van der Waals surface area contributed by atoms with Gasteiger partial charge in [0.15, 0.2) is 20.6 Å². The van der Waals surface area contributed by atoms with Crippen LogP contribution in [0.5, 0.6) is 11.5 Å². The fraction of sp³-hybridized carbons (Fsp3) is 0.0870. The molecule has 0 saturated heterocycles. The fourth-order valence-electron chi connectivity index (χ4n) is 6.54. The molecule has 84 heavy (non-hydrogen) atoms. The van der Waals surface area contributed by atoms with Crippen molar-refractivity contribution in [1.82, 2.24) is 17.9 Å². The summed E-state index contributed by atoms with van der Waals surface area (Å²) in [6.45, 7) is -2.87. The van der Waals surface area contributed by atoms with Crippen molar-refractivity contribution in [2.24, 2.45) is 0 Å². The van der Waals surface area contributed by atoms with Crippen LogP contribution in [0.25, 0.3) is 0 Å². The zero-order chi connectivity index (χ0) is 59.8. The van der Waals surface area contributed by atoms with Gasteiger partial charge in [-0.25, -0.2) is 24.8 Å². The first-order chi connectivity index (χ1) is 38.4. The number of hydrogen-bond donors (Lipinski definition) is 0. The minimum Gasteiger partial charge on any atom is -0.730 e. The molecule has 0 aliphatic heterocycles. The van der Waals surface area contributed by atoms with Crippen molar-refractivity contribution < 1.29 is 161 Å². The summed E-state index contributed by atoms with van der Waals surface area (Å²) < 4.78 is 259. The summed E-state index contributed by atoms with van der Waals surface area (Å²) in [7, 11) is -45.0. The van der Waals surface area contributed by atoms with E-state index in [-0.39, 0.29) is 92.9 Å². The minimum absolute atomic E-state index is 0. The summed E-state index contributed by atoms with van der Waals surface area (Å²) in [6, 6.07) is 43.2. The maximum atomic E-state index is 13.3. The molecule has 436 valence electrons. The minimum atomic E-state index is -6.15. The quantitative estimate of drug-likeness (QED) is 0.0344. The Morgan fingerprint density at radius 3 is 0.750 bits per heavy atom. The Kier molecular flexibility index (Phi) is 23.5. The molecule has 0 spiro atoms. The van der Waals surface area contributed by atoms with Crippen LogP contribution in [-0.2, 0) is 124 Å². The molecule has 0 bridgehead atoms. The van der Waals surface area contributed by atoms with Crippen LogP contribution in [0.3, 0.4) is 0 Å². The standard InChI is InChI=1S/2C23H20N2O12S4.2Na/c2*26-38(27,35-16-18-10-4-1-5-11-18)21-22(39(28,29)36-17-19-12-6-2-7-13-19)25(41(32,33)34)23(24-21)40(30,31)37-20-14-8-3-9-15-20;;/h2*1-15H,16-17H2,(H,32,33,34);;/q;;2*+1/p-2. The SMILES string of the molecule is O=S(=O)(OCc1ccccc1)c1nc(S(=O)(=O)Oc2ccccc2)n(S(=O)(=O)[O-])c1S(=O)(=O)OCc1ccccc1.O=S(=O)(OCc1ccccc1)c1nc(S(=O)(=O)Oc2ccccc2)n(S(=O)(=O)[O-])c1S(=O)(=O)OCc1ccccc1.[Na+].[Na+]. The third kappa shape index (κ3) is 17.9. The van der Waals surface area contributed by atoms with E-state index in [4.69, 9.17) is 25.1 Å². The number of imidazole rings is 2. The summed E-state index contributed by atoms with van der Waals surface area (Å²) in [6.07, 6.45) is 0. The molecule has 6 aromatic carbocycles. The maximum absolute atomic E-state index is 13.3. The fourth-order valence-corrected chi connectivity index (χ4v) is 16.9. The second-order valence-corrected chi connectivity index (χ2v) is 27.4. The molecule has 0 amide bonds. The van der Waals surface area contributed by atoms with Crippen LogP contribution in [0.15, 0.2) is 212 Å². The molecule has 0 aliphatic rings. The molecule has 38 heteroatoms. The van der Waals surface area contributed by atoms with Crippen molar-refractivity contribution >= 4 is 81.3 Å². The Hall–Kier alpha value is -5.30. The van der Waals surface area contributed by atoms with Crippen LogP contribution >= 0.6 is 0 Å². The van der Waals surface area contributed by atoms with Gasteiger partial charge in [-0.05, 0) is 46.5 Å². The summed E-state index contributed by atoms with van der Waals surface area (Å²) in [5.41, 5.74) is 1.07. The summed E-state index contributed by atoms with van der Waals surface area (Å²) in [5, 5.41) is -11.0. The number of rotatable bonds is 24. The number of aromatic nitrogens is 4. The number of nitrogens with zero attached hydrogens (tertiary/aromatic N) is 4. The van der Waals surface area contributed by atoms with Gasteiger partial charge in [0, 0.05) is 0 Å². The molecule has 28 nitrogen and oxygen atoms in total. The van der Waals surface area contributed by atoms with Gasteiger partial charge in [-0.1, -0.05) is 158 Å². The van der Waals surface area contributed by atoms with E-state index in [2.05, 4.69) is 9.97 Å². The first kappa shape index (κ1) is 69.5. The smallest absolute Gasteiger partial charge is 0.730 e. The predicted octanol–water partition coefficient (Wildman–Crippen LogP) is -2.45. The molecule has 8 rings (SSSR count). The van der Waals surface area contributed by atoms with E-state index in [1.807, 2.05) is 0 Å². The second kappa shape index (κ2) is 28.5. The third-order valence-electron chi connectivity index (χ3n) is 10.1. The molecule has 2 aromatic heterocycles. The van der Waals surface area contributed by atoms with Gasteiger partial charge in [0.2, 0.25) is 20.1 Å². The average molecular weight is 1330 g/mol. The van der Waals surface area contributed by atoms with Crippen molar-refractivity contribution in [3.05, 3.63) is 204 Å². The largest absolute Gasteiger partial charge is 1.00 e. The molecule has 0 saturated carbocycles. The Labute approximate surface area is 527 Å². The van der Waals surface area contributed by atoms with Crippen molar-refractivity contribution in [3.8, 4) is 11.5 Å². The Morgan fingerprint density at radius 2 is 0.524 bits per heavy atom. The molecule has 0 N–H and O–H groups in total. The zero-order valence-electron chi connectivity index (χ0n) is 43.0. The molecular formula is C46H38N4Na2O24S8. The molecule has 0 atom stereocenters. The summed E-state index contributed by atoms with van der Waals surface area (Å²) >= 11 is 0. The van der Waals surface area contributed by atoms with Gasteiger partial charge >= 0.3 is 120 Å². The van der Waals surface area contributed by atoms with Crippen LogP contribution in [0.2, 0.25) is 0 Å². The Balaban J connectivity index is 0.000000300. The van der Waals surface area contributed by atoms with E-state index in [1.165, 1.54) is 109 Å². The number of para-hydroxylation sites is 2. The second-order valence-electron chi connectivity index (χ2n) is 16.0. The van der Waals surface area contributed by atoms with E-state index in [0.29, 0.717) is 0 Å². The Morgan fingerprint density at radius 1 is 0.310 bits per heavy atom. The number of benzene rings is 6. The molecule has 0 unspecified atom stereocenters. The maximum Gasteiger partial charge on any atom is 1.00 e. The third-order valence-corrected chi connectivity index (χ3v) is 19.6. The summed E-state index contributed by atoms with van der Waals surface area (Å²) in [4.78, 5) is 6.50. The molecule has 8 aromatic rings. The van der Waals surface area contributed by atoms with Crippen molar-refractivity contribution in [2.45, 2.75) is 56.8 Å². The first-order valence-electron chi connectivity index (χ1n) is 22.3.